The summed E-state index contributed by atoms with van der Waals surface area (Å²) in [5, 5.41) is 13.9. The Morgan fingerprint density at radius 1 is 1.42 bits per heavy atom. The number of hydrogen-bond acceptors (Lipinski definition) is 4. The molecular formula is C15H17NO3. The van der Waals surface area contributed by atoms with Crippen molar-refractivity contribution in [1.82, 2.24) is 5.16 Å². The van der Waals surface area contributed by atoms with Crippen molar-refractivity contribution in [3.8, 4) is 5.75 Å². The van der Waals surface area contributed by atoms with Crippen LogP contribution < -0.4 is 4.74 Å². The summed E-state index contributed by atoms with van der Waals surface area (Å²) in [6.07, 6.45) is 2.56. The maximum atomic E-state index is 9.99. The molecule has 1 N–H and O–H groups in total. The van der Waals surface area contributed by atoms with E-state index >= 15 is 0 Å². The largest absolute Gasteiger partial charge is 0.487 e. The van der Waals surface area contributed by atoms with Crippen LogP contribution in [0.5, 0.6) is 5.75 Å². The molecule has 19 heavy (non-hydrogen) atoms. The van der Waals surface area contributed by atoms with Gasteiger partial charge >= 0.3 is 0 Å². The van der Waals surface area contributed by atoms with E-state index in [2.05, 4.69) is 5.16 Å². The minimum atomic E-state index is -0.360. The van der Waals surface area contributed by atoms with Crippen LogP contribution in [-0.2, 0) is 13.0 Å². The summed E-state index contributed by atoms with van der Waals surface area (Å²) in [6, 6.07) is 7.78. The molecule has 1 aromatic heterocycles. The number of nitrogens with zero attached hydrogens (tertiary/aromatic N) is 1. The van der Waals surface area contributed by atoms with Crippen molar-refractivity contribution in [3.05, 3.63) is 46.8 Å². The Hall–Kier alpha value is -1.81. The van der Waals surface area contributed by atoms with Crippen LogP contribution >= 0.6 is 0 Å². The van der Waals surface area contributed by atoms with Crippen LogP contribution in [0.15, 0.2) is 28.8 Å². The van der Waals surface area contributed by atoms with E-state index in [1.54, 1.807) is 0 Å². The molecule has 1 aliphatic rings. The smallest absolute Gasteiger partial charge is 0.134 e. The molecule has 0 spiro atoms. The van der Waals surface area contributed by atoms with E-state index in [0.717, 1.165) is 42.0 Å². The molecule has 1 aliphatic carbocycles. The third kappa shape index (κ3) is 2.63. The van der Waals surface area contributed by atoms with Crippen LogP contribution in [0.1, 0.15) is 41.5 Å². The number of aromatic nitrogens is 1. The normalized spacial score (nSPS) is 18.1. The van der Waals surface area contributed by atoms with Crippen LogP contribution in [0, 0.1) is 6.92 Å². The molecule has 2 aromatic rings. The maximum Gasteiger partial charge on any atom is 0.134 e. The van der Waals surface area contributed by atoms with Crippen molar-refractivity contribution in [3.63, 3.8) is 0 Å². The molecule has 100 valence electrons. The molecular weight excluding hydrogens is 242 g/mol. The summed E-state index contributed by atoms with van der Waals surface area (Å²) in [4.78, 5) is 0. The zero-order valence-corrected chi connectivity index (χ0v) is 10.9. The number of fused-ring (bicyclic) bond motifs is 1. The fourth-order valence-corrected chi connectivity index (χ4v) is 2.49. The summed E-state index contributed by atoms with van der Waals surface area (Å²) >= 11 is 0. The molecule has 0 saturated carbocycles. The quantitative estimate of drug-likeness (QED) is 0.920. The molecule has 0 saturated heterocycles. The second kappa shape index (κ2) is 5.05. The Morgan fingerprint density at radius 3 is 3.11 bits per heavy atom. The molecule has 1 heterocycles. The molecule has 4 nitrogen and oxygen atoms in total. The standard InChI is InChI=1S/C15H17NO3/c1-10-7-12(16-19-10)9-18-13-6-5-11-3-2-4-15(17)14(11)8-13/h5-8,15,17H,2-4,9H2,1H3/t15-/m1/s1. The van der Waals surface area contributed by atoms with E-state index in [1.807, 2.05) is 31.2 Å². The Labute approximate surface area is 112 Å². The second-order valence-corrected chi connectivity index (χ2v) is 4.99. The van der Waals surface area contributed by atoms with Gasteiger partial charge in [-0.15, -0.1) is 0 Å². The summed E-state index contributed by atoms with van der Waals surface area (Å²) in [6.45, 7) is 2.23. The Kier molecular flexibility index (Phi) is 3.25. The number of aliphatic hydroxyl groups excluding tert-OH is 1. The molecule has 0 unspecified atom stereocenters. The van der Waals surface area contributed by atoms with Gasteiger partial charge in [0.15, 0.2) is 0 Å². The van der Waals surface area contributed by atoms with E-state index in [9.17, 15) is 5.11 Å². The maximum absolute atomic E-state index is 9.99. The molecule has 1 aromatic carbocycles. The summed E-state index contributed by atoms with van der Waals surface area (Å²) in [7, 11) is 0. The topological polar surface area (TPSA) is 55.5 Å². The highest BCUT2D eigenvalue weighted by atomic mass is 16.5. The number of ether oxygens (including phenoxy) is 1. The number of hydrogen-bond donors (Lipinski definition) is 1. The second-order valence-electron chi connectivity index (χ2n) is 4.99. The lowest BCUT2D eigenvalue weighted by molar-refractivity contribution is 0.156. The lowest BCUT2D eigenvalue weighted by atomic mass is 9.89. The van der Waals surface area contributed by atoms with Crippen molar-refractivity contribution in [1.29, 1.82) is 0 Å². The van der Waals surface area contributed by atoms with Gasteiger partial charge in [-0.1, -0.05) is 11.2 Å². The first-order valence-electron chi connectivity index (χ1n) is 6.58. The molecule has 0 radical (unpaired) electrons. The van der Waals surface area contributed by atoms with Crippen LogP contribution in [0.2, 0.25) is 0 Å². The van der Waals surface area contributed by atoms with Crippen molar-refractivity contribution in [2.75, 3.05) is 0 Å². The zero-order valence-electron chi connectivity index (χ0n) is 10.9. The first-order valence-corrected chi connectivity index (χ1v) is 6.58. The van der Waals surface area contributed by atoms with Crippen molar-refractivity contribution < 1.29 is 14.4 Å². The van der Waals surface area contributed by atoms with Crippen LogP contribution in [0.4, 0.5) is 0 Å². The van der Waals surface area contributed by atoms with E-state index < -0.39 is 0 Å². The fraction of sp³-hybridized carbons (Fsp3) is 0.400. The van der Waals surface area contributed by atoms with Gasteiger partial charge in [-0.05, 0) is 49.4 Å². The first kappa shape index (κ1) is 12.2. The third-order valence-electron chi connectivity index (χ3n) is 3.46. The summed E-state index contributed by atoms with van der Waals surface area (Å²) < 4.78 is 10.7. The highest BCUT2D eigenvalue weighted by Crippen LogP contribution is 2.32. The Bertz CT molecular complexity index is 577. The van der Waals surface area contributed by atoms with Gasteiger partial charge in [-0.3, -0.25) is 0 Å². The predicted octanol–water partition coefficient (Wildman–Crippen LogP) is 2.93. The van der Waals surface area contributed by atoms with E-state index in [1.165, 1.54) is 5.56 Å². The fourth-order valence-electron chi connectivity index (χ4n) is 2.49. The van der Waals surface area contributed by atoms with Crippen molar-refractivity contribution in [2.45, 2.75) is 38.9 Å². The molecule has 0 aliphatic heterocycles. The highest BCUT2D eigenvalue weighted by Gasteiger charge is 2.18. The summed E-state index contributed by atoms with van der Waals surface area (Å²) in [5.41, 5.74) is 3.00. The van der Waals surface area contributed by atoms with Gasteiger partial charge in [0.05, 0.1) is 6.10 Å². The molecule has 3 rings (SSSR count). The number of aliphatic hydroxyl groups is 1. The number of aryl methyl sites for hydroxylation is 2. The van der Waals surface area contributed by atoms with Gasteiger partial charge in [-0.2, -0.15) is 0 Å². The van der Waals surface area contributed by atoms with Crippen molar-refractivity contribution in [2.24, 2.45) is 0 Å². The predicted molar refractivity (Wildman–Crippen MR) is 69.9 cm³/mol. The van der Waals surface area contributed by atoms with Gasteiger partial charge in [-0.25, -0.2) is 0 Å². The molecule has 1 atom stereocenters. The van der Waals surface area contributed by atoms with Gasteiger partial charge in [0.25, 0.3) is 0 Å². The third-order valence-corrected chi connectivity index (χ3v) is 3.46. The number of rotatable bonds is 3. The van der Waals surface area contributed by atoms with Crippen LogP contribution in [0.25, 0.3) is 0 Å². The summed E-state index contributed by atoms with van der Waals surface area (Å²) in [5.74, 6) is 1.54. The van der Waals surface area contributed by atoms with Gasteiger partial charge < -0.3 is 14.4 Å². The number of benzene rings is 1. The average molecular weight is 259 g/mol. The minimum absolute atomic E-state index is 0.360. The van der Waals surface area contributed by atoms with Gasteiger partial charge in [0.2, 0.25) is 0 Å². The molecule has 0 bridgehead atoms. The highest BCUT2D eigenvalue weighted by molar-refractivity contribution is 5.38. The van der Waals surface area contributed by atoms with E-state index in [-0.39, 0.29) is 6.10 Å². The minimum Gasteiger partial charge on any atom is -0.487 e. The van der Waals surface area contributed by atoms with Crippen LogP contribution in [0.3, 0.4) is 0 Å². The Balaban J connectivity index is 1.73. The molecule has 4 heteroatoms. The van der Waals surface area contributed by atoms with Gasteiger partial charge in [0, 0.05) is 6.07 Å². The molecule has 0 fully saturated rings. The zero-order chi connectivity index (χ0) is 13.2. The SMILES string of the molecule is Cc1cc(COc2ccc3c(c2)[C@H](O)CCC3)no1. The van der Waals surface area contributed by atoms with Crippen LogP contribution in [-0.4, -0.2) is 10.3 Å². The Morgan fingerprint density at radius 2 is 2.32 bits per heavy atom. The van der Waals surface area contributed by atoms with Crippen molar-refractivity contribution >= 4 is 0 Å². The average Bonchev–Trinajstić information content (AvgIpc) is 2.83. The molecule has 0 amide bonds. The van der Waals surface area contributed by atoms with E-state index in [4.69, 9.17) is 9.26 Å². The van der Waals surface area contributed by atoms with Gasteiger partial charge in [0.1, 0.15) is 23.8 Å². The monoisotopic (exact) mass is 259 g/mol. The lowest BCUT2D eigenvalue weighted by Gasteiger charge is -2.21. The first-order chi connectivity index (χ1) is 9.22. The lowest BCUT2D eigenvalue weighted by Crippen LogP contribution is -2.09. The van der Waals surface area contributed by atoms with E-state index in [0.29, 0.717) is 6.61 Å².